The van der Waals surface area contributed by atoms with Crippen molar-refractivity contribution in [1.29, 1.82) is 0 Å². The zero-order valence-corrected chi connectivity index (χ0v) is 12.7. The average Bonchev–Trinajstić information content (AvgIpc) is 2.38. The van der Waals surface area contributed by atoms with Crippen LogP contribution in [0, 0.1) is 0 Å². The van der Waals surface area contributed by atoms with Crippen molar-refractivity contribution in [3.8, 4) is 0 Å². The van der Waals surface area contributed by atoms with Gasteiger partial charge in [0.15, 0.2) is 0 Å². The van der Waals surface area contributed by atoms with Crippen molar-refractivity contribution in [2.24, 2.45) is 0 Å². The van der Waals surface area contributed by atoms with E-state index in [0.29, 0.717) is 0 Å². The minimum absolute atomic E-state index is 0.765. The first kappa shape index (κ1) is 15.0. The van der Waals surface area contributed by atoms with E-state index in [0.717, 1.165) is 21.1 Å². The van der Waals surface area contributed by atoms with Crippen LogP contribution in [0.1, 0.15) is 39.5 Å². The largest absolute Gasteiger partial charge is 0.398 e. The van der Waals surface area contributed by atoms with Gasteiger partial charge in [-0.05, 0) is 24.3 Å². The summed E-state index contributed by atoms with van der Waals surface area (Å²) in [7, 11) is 0. The average molecular weight is 309 g/mol. The van der Waals surface area contributed by atoms with Crippen LogP contribution in [-0.4, -0.2) is 4.98 Å². The van der Waals surface area contributed by atoms with Gasteiger partial charge in [-0.25, -0.2) is 0 Å². The number of hydrogen-bond donors (Lipinski definition) is 1. The van der Waals surface area contributed by atoms with Crippen LogP contribution in [0.25, 0.3) is 10.9 Å². The predicted molar refractivity (Wildman–Crippen MR) is 83.7 cm³/mol. The highest BCUT2D eigenvalue weighted by Crippen LogP contribution is 2.22. The van der Waals surface area contributed by atoms with Crippen LogP contribution in [0.3, 0.4) is 0 Å². The fraction of sp³-hybridized carbons (Fsp3) is 0.400. The van der Waals surface area contributed by atoms with Gasteiger partial charge in [0.2, 0.25) is 0 Å². The number of benzene rings is 1. The van der Waals surface area contributed by atoms with Crippen molar-refractivity contribution in [2.75, 3.05) is 5.73 Å². The van der Waals surface area contributed by atoms with E-state index >= 15 is 0 Å². The SMILES string of the molecule is CCCCCC.Nc1ccnc2ccc(Br)cc12. The van der Waals surface area contributed by atoms with Crippen molar-refractivity contribution in [1.82, 2.24) is 4.98 Å². The molecule has 0 saturated heterocycles. The molecule has 0 aliphatic carbocycles. The summed E-state index contributed by atoms with van der Waals surface area (Å²) in [4.78, 5) is 4.18. The molecule has 2 nitrogen and oxygen atoms in total. The number of rotatable bonds is 3. The van der Waals surface area contributed by atoms with Crippen LogP contribution >= 0.6 is 15.9 Å². The second-order valence-electron chi connectivity index (χ2n) is 4.27. The van der Waals surface area contributed by atoms with Crippen LogP contribution < -0.4 is 5.73 Å². The molecule has 0 bridgehead atoms. The van der Waals surface area contributed by atoms with Gasteiger partial charge in [0.25, 0.3) is 0 Å². The molecule has 3 heteroatoms. The highest BCUT2D eigenvalue weighted by atomic mass is 79.9. The lowest BCUT2D eigenvalue weighted by Crippen LogP contribution is -1.87. The number of unbranched alkanes of at least 4 members (excludes halogenated alkanes) is 3. The number of anilines is 1. The fourth-order valence-corrected chi connectivity index (χ4v) is 2.00. The number of aromatic nitrogens is 1. The lowest BCUT2D eigenvalue weighted by molar-refractivity contribution is 0.702. The summed E-state index contributed by atoms with van der Waals surface area (Å²) in [5, 5.41) is 0.992. The summed E-state index contributed by atoms with van der Waals surface area (Å²) in [6, 6.07) is 7.66. The molecule has 0 unspecified atom stereocenters. The number of halogens is 1. The molecule has 1 aromatic heterocycles. The van der Waals surface area contributed by atoms with Crippen molar-refractivity contribution in [3.63, 3.8) is 0 Å². The topological polar surface area (TPSA) is 38.9 Å². The molecule has 0 fully saturated rings. The molecule has 0 saturated carbocycles. The van der Waals surface area contributed by atoms with E-state index in [-0.39, 0.29) is 0 Å². The number of nitrogens with zero attached hydrogens (tertiary/aromatic N) is 1. The molecule has 0 atom stereocenters. The third-order valence-electron chi connectivity index (χ3n) is 2.69. The minimum Gasteiger partial charge on any atom is -0.398 e. The van der Waals surface area contributed by atoms with Crippen LogP contribution in [0.4, 0.5) is 5.69 Å². The van der Waals surface area contributed by atoms with Crippen molar-refractivity contribution in [2.45, 2.75) is 39.5 Å². The molecule has 2 aromatic rings. The fourth-order valence-electron chi connectivity index (χ4n) is 1.64. The first-order chi connectivity index (χ1) is 8.69. The Morgan fingerprint density at radius 2 is 1.78 bits per heavy atom. The Morgan fingerprint density at radius 3 is 2.39 bits per heavy atom. The van der Waals surface area contributed by atoms with Gasteiger partial charge in [0.1, 0.15) is 0 Å². The Hall–Kier alpha value is -1.09. The molecule has 2 rings (SSSR count). The highest BCUT2D eigenvalue weighted by Gasteiger charge is 1.97. The summed E-state index contributed by atoms with van der Waals surface area (Å²) in [5.74, 6) is 0. The van der Waals surface area contributed by atoms with Gasteiger partial charge < -0.3 is 5.73 Å². The van der Waals surface area contributed by atoms with E-state index in [2.05, 4.69) is 34.8 Å². The number of nitrogen functional groups attached to an aromatic ring is 1. The molecule has 98 valence electrons. The number of pyridine rings is 1. The Bertz CT molecular complexity index is 479. The molecule has 18 heavy (non-hydrogen) atoms. The number of fused-ring (bicyclic) bond motifs is 1. The summed E-state index contributed by atoms with van der Waals surface area (Å²) >= 11 is 3.38. The van der Waals surface area contributed by atoms with Crippen LogP contribution in [0.15, 0.2) is 34.9 Å². The number of nitrogens with two attached hydrogens (primary N) is 1. The minimum atomic E-state index is 0.765. The maximum absolute atomic E-state index is 5.76. The standard InChI is InChI=1S/C9H7BrN2.C6H14/c10-6-1-2-9-7(5-6)8(11)3-4-12-9;1-3-5-6-4-2/h1-5H,(H2,11,12);3-6H2,1-2H3. The number of hydrogen-bond acceptors (Lipinski definition) is 2. The summed E-state index contributed by atoms with van der Waals surface area (Å²) < 4.78 is 1.02. The van der Waals surface area contributed by atoms with Crippen LogP contribution in [0.5, 0.6) is 0 Å². The summed E-state index contributed by atoms with van der Waals surface area (Å²) in [6.45, 7) is 4.46. The lowest BCUT2D eigenvalue weighted by atomic mass is 10.2. The second kappa shape index (κ2) is 8.09. The van der Waals surface area contributed by atoms with Gasteiger partial charge in [-0.3, -0.25) is 4.98 Å². The smallest absolute Gasteiger partial charge is 0.0723 e. The van der Waals surface area contributed by atoms with E-state index in [4.69, 9.17) is 5.73 Å². The molecular formula is C15H21BrN2. The van der Waals surface area contributed by atoms with E-state index in [1.54, 1.807) is 12.3 Å². The maximum Gasteiger partial charge on any atom is 0.0723 e. The summed E-state index contributed by atoms with van der Waals surface area (Å²) in [6.07, 6.45) is 7.25. The van der Waals surface area contributed by atoms with Gasteiger partial charge >= 0.3 is 0 Å². The third kappa shape index (κ3) is 4.65. The Morgan fingerprint density at radius 1 is 1.11 bits per heavy atom. The Kier molecular flexibility index (Phi) is 6.73. The zero-order valence-electron chi connectivity index (χ0n) is 11.1. The van der Waals surface area contributed by atoms with Crippen molar-refractivity contribution in [3.05, 3.63) is 34.9 Å². The molecule has 1 heterocycles. The van der Waals surface area contributed by atoms with Gasteiger partial charge in [-0.2, -0.15) is 0 Å². The van der Waals surface area contributed by atoms with Gasteiger partial charge in [-0.15, -0.1) is 0 Å². The first-order valence-corrected chi connectivity index (χ1v) is 7.28. The Labute approximate surface area is 118 Å². The van der Waals surface area contributed by atoms with Gasteiger partial charge in [0.05, 0.1) is 5.52 Å². The van der Waals surface area contributed by atoms with Crippen molar-refractivity contribution < 1.29 is 0 Å². The molecular weight excluding hydrogens is 288 g/mol. The van der Waals surface area contributed by atoms with Crippen LogP contribution in [-0.2, 0) is 0 Å². The van der Waals surface area contributed by atoms with Gasteiger partial charge in [-0.1, -0.05) is 55.5 Å². The molecule has 0 spiro atoms. The molecule has 0 amide bonds. The van der Waals surface area contributed by atoms with Crippen molar-refractivity contribution >= 4 is 32.5 Å². The summed E-state index contributed by atoms with van der Waals surface area (Å²) in [5.41, 5.74) is 7.46. The highest BCUT2D eigenvalue weighted by molar-refractivity contribution is 9.10. The van der Waals surface area contributed by atoms with E-state index in [1.807, 2.05) is 18.2 Å². The molecule has 0 aliphatic rings. The quantitative estimate of drug-likeness (QED) is 0.795. The Balaban J connectivity index is 0.000000232. The lowest BCUT2D eigenvalue weighted by Gasteiger charge is -2.00. The molecule has 0 aliphatic heterocycles. The maximum atomic E-state index is 5.76. The molecule has 0 radical (unpaired) electrons. The molecule has 1 aromatic carbocycles. The predicted octanol–water partition coefficient (Wildman–Crippen LogP) is 5.17. The normalized spacial score (nSPS) is 9.94. The van der Waals surface area contributed by atoms with E-state index in [1.165, 1.54) is 25.7 Å². The first-order valence-electron chi connectivity index (χ1n) is 6.48. The van der Waals surface area contributed by atoms with Gasteiger partial charge in [0, 0.05) is 21.7 Å². The zero-order chi connectivity index (χ0) is 13.4. The second-order valence-corrected chi connectivity index (χ2v) is 5.18. The van der Waals surface area contributed by atoms with E-state index < -0.39 is 0 Å². The third-order valence-corrected chi connectivity index (χ3v) is 3.19. The van der Waals surface area contributed by atoms with E-state index in [9.17, 15) is 0 Å². The van der Waals surface area contributed by atoms with Crippen LogP contribution in [0.2, 0.25) is 0 Å². The monoisotopic (exact) mass is 308 g/mol. The molecule has 2 N–H and O–H groups in total.